The van der Waals surface area contributed by atoms with Crippen molar-refractivity contribution in [1.29, 1.82) is 0 Å². The lowest BCUT2D eigenvalue weighted by Gasteiger charge is -2.11. The lowest BCUT2D eigenvalue weighted by Crippen LogP contribution is -1.96. The van der Waals surface area contributed by atoms with Gasteiger partial charge >= 0.3 is 0 Å². The van der Waals surface area contributed by atoms with Crippen LogP contribution in [-0.4, -0.2) is 0 Å². The molecule has 0 aromatic heterocycles. The summed E-state index contributed by atoms with van der Waals surface area (Å²) >= 11 is 0. The van der Waals surface area contributed by atoms with E-state index in [4.69, 9.17) is 5.73 Å². The van der Waals surface area contributed by atoms with Gasteiger partial charge in [0.15, 0.2) is 0 Å². The van der Waals surface area contributed by atoms with E-state index in [1.165, 1.54) is 32.7 Å². The van der Waals surface area contributed by atoms with Gasteiger partial charge in [0.1, 0.15) is 0 Å². The third-order valence-electron chi connectivity index (χ3n) is 4.31. The number of nitrogens with two attached hydrogens (primary N) is 1. The van der Waals surface area contributed by atoms with E-state index in [0.717, 1.165) is 12.1 Å². The fourth-order valence-corrected chi connectivity index (χ4v) is 3.16. The summed E-state index contributed by atoms with van der Waals surface area (Å²) in [7, 11) is 0. The van der Waals surface area contributed by atoms with Gasteiger partial charge in [-0.05, 0) is 38.7 Å². The van der Waals surface area contributed by atoms with Gasteiger partial charge < -0.3 is 5.73 Å². The van der Waals surface area contributed by atoms with E-state index in [9.17, 15) is 0 Å². The molecule has 0 saturated carbocycles. The predicted octanol–water partition coefficient (Wildman–Crippen LogP) is 5.17. The maximum absolute atomic E-state index is 6.10. The fourth-order valence-electron chi connectivity index (χ4n) is 3.16. The molecule has 4 rings (SSSR count). The molecule has 0 fully saturated rings. The van der Waals surface area contributed by atoms with Crippen molar-refractivity contribution in [3.63, 3.8) is 0 Å². The standard InChI is InChI=1S/C21H17N/c22-21-11-4-2-7-17(21)14-16-8-5-10-20-18-9-3-1-6-15(18)12-13-19(16)20/h1-13H,14,22H2. The van der Waals surface area contributed by atoms with Crippen molar-refractivity contribution in [3.8, 4) is 0 Å². The summed E-state index contributed by atoms with van der Waals surface area (Å²) in [6.07, 6.45) is 0.863. The Morgan fingerprint density at radius 3 is 2.18 bits per heavy atom. The van der Waals surface area contributed by atoms with Crippen molar-refractivity contribution < 1.29 is 0 Å². The number of rotatable bonds is 2. The zero-order chi connectivity index (χ0) is 14.9. The highest BCUT2D eigenvalue weighted by molar-refractivity contribution is 6.08. The van der Waals surface area contributed by atoms with Crippen LogP contribution in [0.3, 0.4) is 0 Å². The Morgan fingerprint density at radius 2 is 1.27 bits per heavy atom. The molecule has 0 radical (unpaired) electrons. The number of hydrogen-bond acceptors (Lipinski definition) is 1. The minimum Gasteiger partial charge on any atom is -0.398 e. The Kier molecular flexibility index (Phi) is 3.05. The predicted molar refractivity (Wildman–Crippen MR) is 95.1 cm³/mol. The number of fused-ring (bicyclic) bond motifs is 3. The van der Waals surface area contributed by atoms with Gasteiger partial charge in [-0.3, -0.25) is 0 Å². The van der Waals surface area contributed by atoms with Crippen molar-refractivity contribution in [2.45, 2.75) is 6.42 Å². The van der Waals surface area contributed by atoms with Gasteiger partial charge in [-0.2, -0.15) is 0 Å². The van der Waals surface area contributed by atoms with Gasteiger partial charge in [0, 0.05) is 12.1 Å². The molecule has 1 heteroatoms. The van der Waals surface area contributed by atoms with Gasteiger partial charge in [-0.25, -0.2) is 0 Å². The maximum Gasteiger partial charge on any atom is 0.0349 e. The Bertz CT molecular complexity index is 970. The number of anilines is 1. The first-order valence-electron chi connectivity index (χ1n) is 7.56. The molecule has 4 aromatic carbocycles. The van der Waals surface area contributed by atoms with Crippen molar-refractivity contribution in [3.05, 3.63) is 90.0 Å². The minimum atomic E-state index is 0.861. The van der Waals surface area contributed by atoms with E-state index in [2.05, 4.69) is 60.7 Å². The van der Waals surface area contributed by atoms with Crippen molar-refractivity contribution in [2.75, 3.05) is 5.73 Å². The van der Waals surface area contributed by atoms with Gasteiger partial charge in [0.25, 0.3) is 0 Å². The van der Waals surface area contributed by atoms with Crippen molar-refractivity contribution in [2.24, 2.45) is 0 Å². The molecule has 106 valence electrons. The molecule has 0 amide bonds. The third kappa shape index (κ3) is 2.11. The third-order valence-corrected chi connectivity index (χ3v) is 4.31. The van der Waals surface area contributed by atoms with Crippen LogP contribution in [0.5, 0.6) is 0 Å². The van der Waals surface area contributed by atoms with Crippen LogP contribution in [0.1, 0.15) is 11.1 Å². The lowest BCUT2D eigenvalue weighted by atomic mass is 9.94. The summed E-state index contributed by atoms with van der Waals surface area (Å²) in [4.78, 5) is 0. The molecule has 0 aliphatic heterocycles. The summed E-state index contributed by atoms with van der Waals surface area (Å²) in [6, 6.07) is 27.6. The first-order valence-corrected chi connectivity index (χ1v) is 7.56. The summed E-state index contributed by atoms with van der Waals surface area (Å²) < 4.78 is 0. The SMILES string of the molecule is Nc1ccccc1Cc1cccc2c1ccc1ccccc12. The smallest absolute Gasteiger partial charge is 0.0349 e. The van der Waals surface area contributed by atoms with Crippen LogP contribution in [0.2, 0.25) is 0 Å². The molecule has 0 heterocycles. The molecule has 0 aliphatic rings. The van der Waals surface area contributed by atoms with E-state index in [1.54, 1.807) is 0 Å². The zero-order valence-corrected chi connectivity index (χ0v) is 12.3. The highest BCUT2D eigenvalue weighted by Gasteiger charge is 2.06. The van der Waals surface area contributed by atoms with E-state index < -0.39 is 0 Å². The molecule has 4 aromatic rings. The zero-order valence-electron chi connectivity index (χ0n) is 12.3. The van der Waals surface area contributed by atoms with E-state index >= 15 is 0 Å². The highest BCUT2D eigenvalue weighted by atomic mass is 14.6. The van der Waals surface area contributed by atoms with Crippen LogP contribution >= 0.6 is 0 Å². The molecule has 0 unspecified atom stereocenters. The average molecular weight is 283 g/mol. The molecule has 0 saturated heterocycles. The first kappa shape index (κ1) is 12.9. The minimum absolute atomic E-state index is 0.861. The highest BCUT2D eigenvalue weighted by Crippen LogP contribution is 2.29. The molecule has 0 atom stereocenters. The quantitative estimate of drug-likeness (QED) is 0.399. The van der Waals surface area contributed by atoms with E-state index in [1.807, 2.05) is 18.2 Å². The second-order valence-corrected chi connectivity index (χ2v) is 5.67. The number of nitrogen functional groups attached to an aromatic ring is 1. The number of para-hydroxylation sites is 1. The molecule has 0 bridgehead atoms. The Hall–Kier alpha value is -2.80. The van der Waals surface area contributed by atoms with Crippen LogP contribution < -0.4 is 5.73 Å². The van der Waals surface area contributed by atoms with Crippen molar-refractivity contribution in [1.82, 2.24) is 0 Å². The van der Waals surface area contributed by atoms with E-state index in [-0.39, 0.29) is 0 Å². The topological polar surface area (TPSA) is 26.0 Å². The molecule has 0 aliphatic carbocycles. The Morgan fingerprint density at radius 1 is 0.545 bits per heavy atom. The van der Waals surface area contributed by atoms with Gasteiger partial charge in [0.05, 0.1) is 0 Å². The normalized spacial score (nSPS) is 11.1. The molecular formula is C21H17N. The summed E-state index contributed by atoms with van der Waals surface area (Å²) in [5.74, 6) is 0. The summed E-state index contributed by atoms with van der Waals surface area (Å²) in [6.45, 7) is 0. The summed E-state index contributed by atoms with van der Waals surface area (Å²) in [5.41, 5.74) is 9.47. The fraction of sp³-hybridized carbons (Fsp3) is 0.0476. The average Bonchev–Trinajstić information content (AvgIpc) is 2.57. The number of hydrogen-bond donors (Lipinski definition) is 1. The van der Waals surface area contributed by atoms with Crippen molar-refractivity contribution >= 4 is 27.2 Å². The van der Waals surface area contributed by atoms with Crippen LogP contribution in [0.15, 0.2) is 78.9 Å². The number of benzene rings is 4. The largest absolute Gasteiger partial charge is 0.398 e. The van der Waals surface area contributed by atoms with Crippen LogP contribution in [0.4, 0.5) is 5.69 Å². The van der Waals surface area contributed by atoms with Crippen LogP contribution in [0, 0.1) is 0 Å². The Balaban J connectivity index is 1.92. The molecule has 0 spiro atoms. The first-order chi connectivity index (χ1) is 10.8. The monoisotopic (exact) mass is 283 g/mol. The van der Waals surface area contributed by atoms with Gasteiger partial charge in [0.2, 0.25) is 0 Å². The second kappa shape index (κ2) is 5.19. The van der Waals surface area contributed by atoms with E-state index in [0.29, 0.717) is 0 Å². The second-order valence-electron chi connectivity index (χ2n) is 5.67. The lowest BCUT2D eigenvalue weighted by molar-refractivity contribution is 1.22. The van der Waals surface area contributed by atoms with Crippen LogP contribution in [0.25, 0.3) is 21.5 Å². The molecule has 2 N–H and O–H groups in total. The molecule has 1 nitrogen and oxygen atoms in total. The Labute approximate surface area is 130 Å². The maximum atomic E-state index is 6.10. The molecule has 22 heavy (non-hydrogen) atoms. The van der Waals surface area contributed by atoms with Gasteiger partial charge in [-0.1, -0.05) is 72.8 Å². The molecular weight excluding hydrogens is 266 g/mol. The van der Waals surface area contributed by atoms with Gasteiger partial charge in [-0.15, -0.1) is 0 Å². The summed E-state index contributed by atoms with van der Waals surface area (Å²) in [5, 5.41) is 5.21. The van der Waals surface area contributed by atoms with Crippen LogP contribution in [-0.2, 0) is 6.42 Å².